The molecule has 5 rings (SSSR count). The summed E-state index contributed by atoms with van der Waals surface area (Å²) in [4.78, 5) is 28.9. The summed E-state index contributed by atoms with van der Waals surface area (Å²) >= 11 is 0. The van der Waals surface area contributed by atoms with E-state index in [0.717, 1.165) is 29.8 Å². The Balaban J connectivity index is 1.41. The zero-order valence-electron chi connectivity index (χ0n) is 17.7. The van der Waals surface area contributed by atoms with Crippen LogP contribution in [-0.4, -0.2) is 36.5 Å². The Morgan fingerprint density at radius 2 is 1.90 bits per heavy atom. The molecule has 3 heterocycles. The van der Waals surface area contributed by atoms with E-state index in [0.29, 0.717) is 0 Å². The van der Waals surface area contributed by atoms with E-state index >= 15 is 0 Å². The lowest BCUT2D eigenvalue weighted by Crippen LogP contribution is -2.60. The first-order valence-corrected chi connectivity index (χ1v) is 10.9. The number of nitrogens with one attached hydrogen (secondary N) is 2. The van der Waals surface area contributed by atoms with Gasteiger partial charge in [0, 0.05) is 24.3 Å². The Bertz CT molecular complexity index is 1010. The lowest BCUT2D eigenvalue weighted by Gasteiger charge is -2.40. The van der Waals surface area contributed by atoms with Crippen LogP contribution < -0.4 is 20.7 Å². The summed E-state index contributed by atoms with van der Waals surface area (Å²) in [5.41, 5.74) is 5.93. The molecule has 0 aliphatic carbocycles. The van der Waals surface area contributed by atoms with Crippen LogP contribution in [0.3, 0.4) is 0 Å². The summed E-state index contributed by atoms with van der Waals surface area (Å²) in [5, 5.41) is 5.44. The average Bonchev–Trinajstić information content (AvgIpc) is 3.11. The lowest BCUT2D eigenvalue weighted by atomic mass is 9.82. The maximum atomic E-state index is 13.7. The van der Waals surface area contributed by atoms with Gasteiger partial charge in [0.15, 0.2) is 5.78 Å². The third-order valence-corrected chi connectivity index (χ3v) is 6.85. The Kier molecular flexibility index (Phi) is 5.02. The van der Waals surface area contributed by atoms with Gasteiger partial charge in [-0.2, -0.15) is 0 Å². The normalized spacial score (nSPS) is 30.2. The second-order valence-corrected chi connectivity index (χ2v) is 8.83. The van der Waals surface area contributed by atoms with Gasteiger partial charge in [0.05, 0.1) is 11.6 Å². The summed E-state index contributed by atoms with van der Waals surface area (Å²) in [6.07, 6.45) is 1.28. The van der Waals surface area contributed by atoms with E-state index in [1.165, 1.54) is 12.1 Å². The highest BCUT2D eigenvalue weighted by atomic mass is 19.1. The summed E-state index contributed by atoms with van der Waals surface area (Å²) in [5.74, 6) is -1.61. The van der Waals surface area contributed by atoms with Crippen LogP contribution in [0.1, 0.15) is 25.8 Å². The average molecular weight is 423 g/mol. The molecule has 2 saturated heterocycles. The van der Waals surface area contributed by atoms with Crippen molar-refractivity contribution in [1.29, 1.82) is 0 Å². The van der Waals surface area contributed by atoms with Gasteiger partial charge in [-0.3, -0.25) is 19.9 Å². The van der Waals surface area contributed by atoms with E-state index in [1.54, 1.807) is 11.0 Å². The van der Waals surface area contributed by atoms with Gasteiger partial charge in [-0.05, 0) is 62.6 Å². The second-order valence-electron chi connectivity index (χ2n) is 8.83. The molecule has 0 bridgehead atoms. The number of fused-ring (bicyclic) bond motifs is 2. The van der Waals surface area contributed by atoms with Crippen molar-refractivity contribution in [3.63, 3.8) is 0 Å². The van der Waals surface area contributed by atoms with Crippen molar-refractivity contribution in [2.75, 3.05) is 16.5 Å². The number of ketones is 1. The number of carbonyl (C=O) groups is 2. The molecule has 0 spiro atoms. The van der Waals surface area contributed by atoms with Gasteiger partial charge in [0.1, 0.15) is 17.9 Å². The topological polar surface area (TPSA) is 64.7 Å². The van der Waals surface area contributed by atoms with Gasteiger partial charge in [0.25, 0.3) is 0 Å². The van der Waals surface area contributed by atoms with Crippen molar-refractivity contribution in [3.05, 3.63) is 59.9 Å². The van der Waals surface area contributed by atoms with E-state index in [9.17, 15) is 14.0 Å². The van der Waals surface area contributed by atoms with E-state index in [4.69, 9.17) is 0 Å². The number of carbonyl (C=O) groups excluding carboxylic acids is 2. The standard InChI is InChI=1S/C24H27FN4O2/c1-14-8-9-16-12-17(25)10-11-20(16)28(14)24(31)19-13-26-23-21(22(19)30)15(2)27-29(23)18-6-4-3-5-7-18/h3-7,10-12,14-15,19,21,23,26-27H,8-9,13H2,1-2H3. The minimum Gasteiger partial charge on any atom is -0.309 e. The maximum Gasteiger partial charge on any atom is 0.239 e. The number of halogens is 1. The summed E-state index contributed by atoms with van der Waals surface area (Å²) in [6.45, 7) is 4.26. The molecule has 0 radical (unpaired) electrons. The van der Waals surface area contributed by atoms with Gasteiger partial charge in [-0.15, -0.1) is 0 Å². The predicted octanol–water partition coefficient (Wildman–Crippen LogP) is 2.64. The highest BCUT2D eigenvalue weighted by Crippen LogP contribution is 2.36. The Hall–Kier alpha value is -2.77. The maximum absolute atomic E-state index is 13.7. The van der Waals surface area contributed by atoms with Crippen LogP contribution in [0.5, 0.6) is 0 Å². The van der Waals surface area contributed by atoms with Gasteiger partial charge in [-0.25, -0.2) is 9.82 Å². The first-order valence-electron chi connectivity index (χ1n) is 10.9. The molecule has 0 aromatic heterocycles. The van der Waals surface area contributed by atoms with Crippen LogP contribution in [0, 0.1) is 17.7 Å². The molecular weight excluding hydrogens is 395 g/mol. The van der Waals surface area contributed by atoms with Crippen molar-refractivity contribution in [2.24, 2.45) is 11.8 Å². The zero-order chi connectivity index (χ0) is 21.7. The number of rotatable bonds is 2. The third-order valence-electron chi connectivity index (χ3n) is 6.85. The molecule has 2 N–H and O–H groups in total. The largest absolute Gasteiger partial charge is 0.309 e. The van der Waals surface area contributed by atoms with Crippen LogP contribution in [0.25, 0.3) is 0 Å². The summed E-state index contributed by atoms with van der Waals surface area (Å²) < 4.78 is 13.7. The van der Waals surface area contributed by atoms with Crippen LogP contribution >= 0.6 is 0 Å². The van der Waals surface area contributed by atoms with Gasteiger partial charge in [0.2, 0.25) is 5.91 Å². The van der Waals surface area contributed by atoms with Crippen molar-refractivity contribution < 1.29 is 14.0 Å². The molecule has 2 fully saturated rings. The zero-order valence-corrected chi connectivity index (χ0v) is 17.7. The molecule has 3 aliphatic rings. The van der Waals surface area contributed by atoms with Crippen LogP contribution in [-0.2, 0) is 16.0 Å². The molecule has 1 amide bonds. The molecule has 3 aliphatic heterocycles. The smallest absolute Gasteiger partial charge is 0.239 e. The fourth-order valence-corrected chi connectivity index (χ4v) is 5.26. The first kappa shape index (κ1) is 20.2. The van der Waals surface area contributed by atoms with Crippen LogP contribution in [0.4, 0.5) is 15.8 Å². The van der Waals surface area contributed by atoms with Gasteiger partial charge >= 0.3 is 0 Å². The van der Waals surface area contributed by atoms with Crippen LogP contribution in [0.15, 0.2) is 48.5 Å². The van der Waals surface area contributed by atoms with Crippen molar-refractivity contribution in [2.45, 2.75) is 44.9 Å². The number of amides is 1. The SMILES string of the molecule is CC1NN(c2ccccc2)C2NCC(C(=O)N3c4ccc(F)cc4CCC3C)C(=O)C12. The van der Waals surface area contributed by atoms with Crippen molar-refractivity contribution >= 4 is 23.1 Å². The van der Waals surface area contributed by atoms with Crippen LogP contribution in [0.2, 0.25) is 0 Å². The number of hydrogen-bond acceptors (Lipinski definition) is 5. The molecular formula is C24H27FN4O2. The molecule has 0 saturated carbocycles. The molecule has 5 atom stereocenters. The van der Waals surface area contributed by atoms with E-state index in [2.05, 4.69) is 10.7 Å². The Morgan fingerprint density at radius 3 is 2.68 bits per heavy atom. The van der Waals surface area contributed by atoms with Crippen molar-refractivity contribution in [1.82, 2.24) is 10.7 Å². The molecule has 6 nitrogen and oxygen atoms in total. The molecule has 162 valence electrons. The molecule has 7 heteroatoms. The van der Waals surface area contributed by atoms with Gasteiger partial charge in [-0.1, -0.05) is 18.2 Å². The fraction of sp³-hybridized carbons (Fsp3) is 0.417. The number of piperidine rings is 1. The number of Topliss-reactive ketones (excluding diaryl/α,β-unsaturated/α-hetero) is 1. The second kappa shape index (κ2) is 7.73. The van der Waals surface area contributed by atoms with Gasteiger partial charge < -0.3 is 4.90 Å². The summed E-state index contributed by atoms with van der Waals surface area (Å²) in [6, 6.07) is 14.3. The summed E-state index contributed by atoms with van der Waals surface area (Å²) in [7, 11) is 0. The number of aryl methyl sites for hydroxylation is 1. The van der Waals surface area contributed by atoms with Crippen molar-refractivity contribution in [3.8, 4) is 0 Å². The highest BCUT2D eigenvalue weighted by molar-refractivity contribution is 6.11. The number of para-hydroxylation sites is 1. The number of hydrazine groups is 1. The Labute approximate surface area is 181 Å². The minimum absolute atomic E-state index is 0.0315. The number of nitrogens with zero attached hydrogens (tertiary/aromatic N) is 2. The van der Waals surface area contributed by atoms with E-state index < -0.39 is 5.92 Å². The van der Waals surface area contributed by atoms with E-state index in [-0.39, 0.29) is 48.2 Å². The minimum atomic E-state index is -0.750. The first-order chi connectivity index (χ1) is 15.0. The molecule has 31 heavy (non-hydrogen) atoms. The number of anilines is 2. The molecule has 2 aromatic carbocycles. The third kappa shape index (κ3) is 3.32. The monoisotopic (exact) mass is 422 g/mol. The quantitative estimate of drug-likeness (QED) is 0.729. The fourth-order valence-electron chi connectivity index (χ4n) is 5.26. The molecule has 2 aromatic rings. The number of benzene rings is 2. The number of hydrogen-bond donors (Lipinski definition) is 2. The molecule has 5 unspecified atom stereocenters. The predicted molar refractivity (Wildman–Crippen MR) is 117 cm³/mol. The highest BCUT2D eigenvalue weighted by Gasteiger charge is 2.51. The van der Waals surface area contributed by atoms with E-state index in [1.807, 2.05) is 49.2 Å². The lowest BCUT2D eigenvalue weighted by molar-refractivity contribution is -0.137. The Morgan fingerprint density at radius 1 is 1.13 bits per heavy atom.